The standard InChI is InChI=1S/C21H18N2O5/c1-27-19-18(20(24)25)11-16(12-22-19)15-7-9-17(10-8-15)23-21(26)28-13-14-5-3-2-4-6-14/h2-12H,13H2,1H3,(H,23,26)(H,24,25). The molecule has 7 heteroatoms. The third-order valence-electron chi connectivity index (χ3n) is 3.95. The van der Waals surface area contributed by atoms with Crippen molar-refractivity contribution >= 4 is 17.7 Å². The average molecular weight is 378 g/mol. The third kappa shape index (κ3) is 4.64. The Morgan fingerprint density at radius 2 is 1.75 bits per heavy atom. The van der Waals surface area contributed by atoms with Crippen LogP contribution < -0.4 is 10.1 Å². The molecule has 28 heavy (non-hydrogen) atoms. The van der Waals surface area contributed by atoms with Crippen LogP contribution in [0.25, 0.3) is 11.1 Å². The molecular formula is C21H18N2O5. The number of nitrogens with one attached hydrogen (secondary N) is 1. The fourth-order valence-corrected chi connectivity index (χ4v) is 2.55. The Morgan fingerprint density at radius 3 is 2.39 bits per heavy atom. The number of aromatic nitrogens is 1. The van der Waals surface area contributed by atoms with Crippen molar-refractivity contribution in [1.29, 1.82) is 0 Å². The molecule has 0 bridgehead atoms. The number of pyridine rings is 1. The maximum absolute atomic E-state index is 11.9. The minimum atomic E-state index is -1.12. The third-order valence-corrected chi connectivity index (χ3v) is 3.95. The Bertz CT molecular complexity index is 972. The summed E-state index contributed by atoms with van der Waals surface area (Å²) in [7, 11) is 1.37. The zero-order valence-electron chi connectivity index (χ0n) is 15.1. The first-order chi connectivity index (χ1) is 13.6. The van der Waals surface area contributed by atoms with Crippen molar-refractivity contribution < 1.29 is 24.2 Å². The molecule has 0 radical (unpaired) electrons. The number of anilines is 1. The number of amides is 1. The van der Waals surface area contributed by atoms with E-state index in [2.05, 4.69) is 10.3 Å². The molecule has 7 nitrogen and oxygen atoms in total. The highest BCUT2D eigenvalue weighted by Crippen LogP contribution is 2.25. The second kappa shape index (κ2) is 8.68. The molecule has 142 valence electrons. The number of benzene rings is 2. The fraction of sp³-hybridized carbons (Fsp3) is 0.0952. The predicted octanol–water partition coefficient (Wildman–Crippen LogP) is 4.20. The van der Waals surface area contributed by atoms with Crippen molar-refractivity contribution in [2.75, 3.05) is 12.4 Å². The van der Waals surface area contributed by atoms with Crippen LogP contribution in [-0.4, -0.2) is 29.3 Å². The number of rotatable bonds is 6. The van der Waals surface area contributed by atoms with Gasteiger partial charge in [-0.05, 0) is 29.3 Å². The molecule has 1 amide bonds. The Kier molecular flexibility index (Phi) is 5.86. The van der Waals surface area contributed by atoms with Gasteiger partial charge in [0.15, 0.2) is 0 Å². The number of methoxy groups -OCH3 is 1. The Labute approximate surface area is 161 Å². The fourth-order valence-electron chi connectivity index (χ4n) is 2.55. The van der Waals surface area contributed by atoms with Gasteiger partial charge in [0, 0.05) is 17.4 Å². The summed E-state index contributed by atoms with van der Waals surface area (Å²) in [6.07, 6.45) is 0.970. The molecule has 0 saturated heterocycles. The lowest BCUT2D eigenvalue weighted by molar-refractivity contribution is 0.0692. The maximum atomic E-state index is 11.9. The zero-order valence-corrected chi connectivity index (χ0v) is 15.1. The lowest BCUT2D eigenvalue weighted by Gasteiger charge is -2.09. The van der Waals surface area contributed by atoms with Crippen LogP contribution in [0.1, 0.15) is 15.9 Å². The summed E-state index contributed by atoms with van der Waals surface area (Å²) < 4.78 is 10.1. The number of hydrogen-bond acceptors (Lipinski definition) is 5. The highest BCUT2D eigenvalue weighted by atomic mass is 16.5. The van der Waals surface area contributed by atoms with Crippen LogP contribution in [0.2, 0.25) is 0 Å². The van der Waals surface area contributed by atoms with Gasteiger partial charge < -0.3 is 14.6 Å². The molecule has 0 aliphatic carbocycles. The highest BCUT2D eigenvalue weighted by molar-refractivity contribution is 5.92. The van der Waals surface area contributed by atoms with E-state index in [-0.39, 0.29) is 18.1 Å². The lowest BCUT2D eigenvalue weighted by atomic mass is 10.1. The Hall–Kier alpha value is -3.87. The Morgan fingerprint density at radius 1 is 1.04 bits per heavy atom. The van der Waals surface area contributed by atoms with Crippen LogP contribution in [0.5, 0.6) is 5.88 Å². The van der Waals surface area contributed by atoms with E-state index in [1.165, 1.54) is 19.4 Å². The first-order valence-corrected chi connectivity index (χ1v) is 8.42. The highest BCUT2D eigenvalue weighted by Gasteiger charge is 2.14. The van der Waals surface area contributed by atoms with Gasteiger partial charge in [-0.2, -0.15) is 0 Å². The van der Waals surface area contributed by atoms with Gasteiger partial charge in [0.2, 0.25) is 5.88 Å². The van der Waals surface area contributed by atoms with Crippen LogP contribution in [0, 0.1) is 0 Å². The van der Waals surface area contributed by atoms with Crippen LogP contribution in [0.15, 0.2) is 66.9 Å². The quantitative estimate of drug-likeness (QED) is 0.667. The van der Waals surface area contributed by atoms with Crippen molar-refractivity contribution in [2.45, 2.75) is 6.61 Å². The van der Waals surface area contributed by atoms with Crippen LogP contribution >= 0.6 is 0 Å². The van der Waals surface area contributed by atoms with Crippen LogP contribution in [0.4, 0.5) is 10.5 Å². The summed E-state index contributed by atoms with van der Waals surface area (Å²) >= 11 is 0. The van der Waals surface area contributed by atoms with Gasteiger partial charge in [-0.25, -0.2) is 14.6 Å². The van der Waals surface area contributed by atoms with Gasteiger partial charge in [-0.15, -0.1) is 0 Å². The molecule has 3 aromatic rings. The second-order valence-electron chi connectivity index (χ2n) is 5.85. The van der Waals surface area contributed by atoms with Crippen molar-refractivity contribution in [1.82, 2.24) is 4.98 Å². The molecule has 0 atom stereocenters. The summed E-state index contributed by atoms with van der Waals surface area (Å²) in [5.74, 6) is -1.07. The molecule has 3 rings (SSSR count). The summed E-state index contributed by atoms with van der Waals surface area (Å²) in [6, 6.07) is 17.8. The first kappa shape index (κ1) is 18.9. The topological polar surface area (TPSA) is 97.8 Å². The molecule has 0 aliphatic rings. The lowest BCUT2D eigenvalue weighted by Crippen LogP contribution is -2.13. The van der Waals surface area contributed by atoms with E-state index < -0.39 is 12.1 Å². The summed E-state index contributed by atoms with van der Waals surface area (Å²) in [5.41, 5.74) is 2.81. The first-order valence-electron chi connectivity index (χ1n) is 8.42. The summed E-state index contributed by atoms with van der Waals surface area (Å²) in [5, 5.41) is 11.9. The normalized spacial score (nSPS) is 10.2. The molecular weight excluding hydrogens is 360 g/mol. The molecule has 0 saturated carbocycles. The summed E-state index contributed by atoms with van der Waals surface area (Å²) in [4.78, 5) is 27.3. The average Bonchev–Trinajstić information content (AvgIpc) is 2.73. The SMILES string of the molecule is COc1ncc(-c2ccc(NC(=O)OCc3ccccc3)cc2)cc1C(=O)O. The molecule has 2 N–H and O–H groups in total. The minimum absolute atomic E-state index is 0.0216. The Balaban J connectivity index is 1.65. The van der Waals surface area contributed by atoms with E-state index in [4.69, 9.17) is 9.47 Å². The number of nitrogens with zero attached hydrogens (tertiary/aromatic N) is 1. The monoisotopic (exact) mass is 378 g/mol. The summed E-state index contributed by atoms with van der Waals surface area (Å²) in [6.45, 7) is 0.181. The smallest absolute Gasteiger partial charge is 0.411 e. The zero-order chi connectivity index (χ0) is 19.9. The van der Waals surface area contributed by atoms with Crippen molar-refractivity contribution in [2.24, 2.45) is 0 Å². The van der Waals surface area contributed by atoms with Crippen molar-refractivity contribution in [3.05, 3.63) is 78.0 Å². The van der Waals surface area contributed by atoms with Gasteiger partial charge in [-0.3, -0.25) is 5.32 Å². The van der Waals surface area contributed by atoms with Gasteiger partial charge in [0.25, 0.3) is 0 Å². The molecule has 0 unspecified atom stereocenters. The largest absolute Gasteiger partial charge is 0.480 e. The van der Waals surface area contributed by atoms with E-state index in [1.807, 2.05) is 30.3 Å². The number of carbonyl (C=O) groups is 2. The molecule has 0 fully saturated rings. The van der Waals surface area contributed by atoms with E-state index in [9.17, 15) is 14.7 Å². The van der Waals surface area contributed by atoms with Gasteiger partial charge in [0.1, 0.15) is 12.2 Å². The number of hydrogen-bond donors (Lipinski definition) is 2. The molecule has 2 aromatic carbocycles. The van der Waals surface area contributed by atoms with E-state index >= 15 is 0 Å². The number of carboxylic acid groups (broad SMARTS) is 1. The molecule has 1 heterocycles. The van der Waals surface area contributed by atoms with Crippen LogP contribution in [0.3, 0.4) is 0 Å². The van der Waals surface area contributed by atoms with Gasteiger partial charge in [0.05, 0.1) is 7.11 Å². The van der Waals surface area contributed by atoms with E-state index in [0.29, 0.717) is 11.3 Å². The van der Waals surface area contributed by atoms with E-state index in [1.54, 1.807) is 24.3 Å². The van der Waals surface area contributed by atoms with Gasteiger partial charge >= 0.3 is 12.1 Å². The van der Waals surface area contributed by atoms with E-state index in [0.717, 1.165) is 11.1 Å². The van der Waals surface area contributed by atoms with Crippen molar-refractivity contribution in [3.63, 3.8) is 0 Å². The molecule has 0 spiro atoms. The molecule has 0 aliphatic heterocycles. The number of aromatic carboxylic acids is 1. The number of carbonyl (C=O) groups excluding carboxylic acids is 1. The van der Waals surface area contributed by atoms with Crippen molar-refractivity contribution in [3.8, 4) is 17.0 Å². The molecule has 1 aromatic heterocycles. The van der Waals surface area contributed by atoms with Crippen LogP contribution in [-0.2, 0) is 11.3 Å². The second-order valence-corrected chi connectivity index (χ2v) is 5.85. The van der Waals surface area contributed by atoms with Gasteiger partial charge in [-0.1, -0.05) is 42.5 Å². The predicted molar refractivity (Wildman–Crippen MR) is 103 cm³/mol. The number of carboxylic acids is 1. The number of ether oxygens (including phenoxy) is 2. The maximum Gasteiger partial charge on any atom is 0.411 e. The minimum Gasteiger partial charge on any atom is -0.480 e.